The maximum Gasteiger partial charge on any atom is 0.306 e. The van der Waals surface area contributed by atoms with Gasteiger partial charge in [0.15, 0.2) is 11.5 Å². The molecule has 0 aromatic rings. The van der Waals surface area contributed by atoms with E-state index in [1.165, 1.54) is 0 Å². The van der Waals surface area contributed by atoms with E-state index in [9.17, 15) is 9.00 Å². The number of rotatable bonds is 2. The first-order valence-electron chi connectivity index (χ1n) is 3.96. The van der Waals surface area contributed by atoms with Crippen molar-refractivity contribution in [3.63, 3.8) is 0 Å². The van der Waals surface area contributed by atoms with Crippen molar-refractivity contribution in [2.24, 2.45) is 10.3 Å². The largest absolute Gasteiger partial charge is 0.481 e. The fourth-order valence-corrected chi connectivity index (χ4v) is 1.82. The zero-order valence-electron chi connectivity index (χ0n) is 6.60. The third-order valence-corrected chi connectivity index (χ3v) is 2.62. The predicted molar refractivity (Wildman–Crippen MR) is 44.0 cm³/mol. The molecule has 1 N–H and O–H groups in total. The molecule has 12 heavy (non-hydrogen) atoms. The molecule has 0 radical (unpaired) electrons. The molecule has 4 nitrogen and oxygen atoms in total. The summed E-state index contributed by atoms with van der Waals surface area (Å²) in [6.07, 6.45) is 2.80. The molecule has 1 saturated carbocycles. The molecule has 1 fully saturated rings. The Morgan fingerprint density at radius 2 is 1.92 bits per heavy atom. The molecule has 0 aromatic heterocycles. The molecule has 0 unspecified atom stereocenters. The van der Waals surface area contributed by atoms with Crippen molar-refractivity contribution in [3.05, 3.63) is 0 Å². The summed E-state index contributed by atoms with van der Waals surface area (Å²) < 4.78 is 13.8. The molecule has 0 heterocycles. The molecular formula is C7H11NO3S. The normalized spacial score (nSPS) is 29.3. The lowest BCUT2D eigenvalue weighted by atomic mass is 9.87. The van der Waals surface area contributed by atoms with Gasteiger partial charge in [0, 0.05) is 0 Å². The Balaban J connectivity index is 2.39. The van der Waals surface area contributed by atoms with E-state index in [-0.39, 0.29) is 23.4 Å². The Hall–Kier alpha value is -0.710. The number of hydrogen-bond donors (Lipinski definition) is 1. The smallest absolute Gasteiger partial charge is 0.306 e. The van der Waals surface area contributed by atoms with Gasteiger partial charge < -0.3 is 5.11 Å². The molecule has 0 aromatic carbocycles. The van der Waals surface area contributed by atoms with E-state index in [0.29, 0.717) is 12.8 Å². The lowest BCUT2D eigenvalue weighted by molar-refractivity contribution is -0.142. The Labute approximate surface area is 74.2 Å². The molecule has 0 saturated heterocycles. The van der Waals surface area contributed by atoms with Crippen molar-refractivity contribution in [1.82, 2.24) is 0 Å². The minimum absolute atomic E-state index is 0.0862. The second kappa shape index (κ2) is 4.35. The summed E-state index contributed by atoms with van der Waals surface area (Å²) in [5.41, 5.74) is 0. The first kappa shape index (κ1) is 9.38. The molecular weight excluding hydrogens is 178 g/mol. The molecule has 5 heteroatoms. The fraction of sp³-hybridized carbons (Fsp3) is 0.857. The van der Waals surface area contributed by atoms with Crippen molar-refractivity contribution in [2.45, 2.75) is 31.7 Å². The highest BCUT2D eigenvalue weighted by Crippen LogP contribution is 2.25. The van der Waals surface area contributed by atoms with Crippen molar-refractivity contribution in [1.29, 1.82) is 0 Å². The van der Waals surface area contributed by atoms with Gasteiger partial charge in [-0.05, 0) is 25.7 Å². The quantitative estimate of drug-likeness (QED) is 0.705. The van der Waals surface area contributed by atoms with Crippen LogP contribution in [0.4, 0.5) is 0 Å². The van der Waals surface area contributed by atoms with E-state index in [4.69, 9.17) is 5.11 Å². The van der Waals surface area contributed by atoms with Crippen LogP contribution in [0, 0.1) is 5.92 Å². The van der Waals surface area contributed by atoms with Crippen LogP contribution in [0.2, 0.25) is 0 Å². The summed E-state index contributed by atoms with van der Waals surface area (Å²) in [5.74, 6) is -0.934. The molecule has 0 atom stereocenters. The first-order chi connectivity index (χ1) is 5.74. The fourth-order valence-electron chi connectivity index (χ4n) is 1.49. The van der Waals surface area contributed by atoms with Crippen LogP contribution in [-0.2, 0) is 16.3 Å². The summed E-state index contributed by atoms with van der Waals surface area (Å²) in [5, 5.41) is 8.66. The number of carboxylic acid groups (broad SMARTS) is 1. The van der Waals surface area contributed by atoms with Gasteiger partial charge >= 0.3 is 5.97 Å². The minimum atomic E-state index is -0.719. The Kier molecular flexibility index (Phi) is 3.40. The predicted octanol–water partition coefficient (Wildman–Crippen LogP) is 1.03. The summed E-state index contributed by atoms with van der Waals surface area (Å²) in [4.78, 5) is 10.5. The number of hydrogen-bond acceptors (Lipinski definition) is 3. The third-order valence-electron chi connectivity index (χ3n) is 2.24. The van der Waals surface area contributed by atoms with Crippen LogP contribution in [0.25, 0.3) is 0 Å². The van der Waals surface area contributed by atoms with Crippen LogP contribution < -0.4 is 0 Å². The zero-order valence-corrected chi connectivity index (χ0v) is 7.42. The van der Waals surface area contributed by atoms with E-state index < -0.39 is 5.97 Å². The zero-order chi connectivity index (χ0) is 8.97. The third kappa shape index (κ3) is 2.41. The number of carbonyl (C=O) groups is 1. The molecule has 1 aliphatic rings. The van der Waals surface area contributed by atoms with Crippen molar-refractivity contribution in [2.75, 3.05) is 0 Å². The average Bonchev–Trinajstić information content (AvgIpc) is 2.06. The lowest BCUT2D eigenvalue weighted by Gasteiger charge is -2.21. The van der Waals surface area contributed by atoms with Gasteiger partial charge in [-0.3, -0.25) is 4.79 Å². The van der Waals surface area contributed by atoms with Crippen LogP contribution in [-0.4, -0.2) is 21.3 Å². The van der Waals surface area contributed by atoms with Gasteiger partial charge in [-0.15, -0.1) is 0 Å². The van der Waals surface area contributed by atoms with Crippen LogP contribution in [0.5, 0.6) is 0 Å². The van der Waals surface area contributed by atoms with E-state index in [0.717, 1.165) is 12.8 Å². The highest BCUT2D eigenvalue weighted by Gasteiger charge is 2.25. The molecule has 0 aliphatic heterocycles. The van der Waals surface area contributed by atoms with Crippen molar-refractivity contribution in [3.8, 4) is 0 Å². The molecule has 0 bridgehead atoms. The summed E-state index contributed by atoms with van der Waals surface area (Å²) in [7, 11) is 0. The summed E-state index contributed by atoms with van der Waals surface area (Å²) in [6.45, 7) is 0. The second-order valence-corrected chi connectivity index (χ2v) is 3.38. The average molecular weight is 189 g/mol. The van der Waals surface area contributed by atoms with Gasteiger partial charge in [-0.2, -0.15) is 8.57 Å². The number of carboxylic acids is 1. The second-order valence-electron chi connectivity index (χ2n) is 3.02. The number of aliphatic carboxylic acids is 1. The maximum absolute atomic E-state index is 10.5. The van der Waals surface area contributed by atoms with Gasteiger partial charge in [0.25, 0.3) is 0 Å². The Bertz CT molecular complexity index is 207. The molecule has 0 spiro atoms. The highest BCUT2D eigenvalue weighted by atomic mass is 32.1. The highest BCUT2D eigenvalue weighted by molar-refractivity contribution is 7.54. The van der Waals surface area contributed by atoms with Gasteiger partial charge in [-0.1, -0.05) is 0 Å². The Morgan fingerprint density at radius 3 is 2.33 bits per heavy atom. The molecule has 0 amide bonds. The van der Waals surface area contributed by atoms with Crippen molar-refractivity contribution < 1.29 is 14.1 Å². The van der Waals surface area contributed by atoms with E-state index in [1.807, 2.05) is 0 Å². The van der Waals surface area contributed by atoms with Gasteiger partial charge in [0.1, 0.15) is 0 Å². The van der Waals surface area contributed by atoms with E-state index in [1.54, 1.807) is 0 Å². The van der Waals surface area contributed by atoms with Crippen LogP contribution in [0.1, 0.15) is 25.7 Å². The molecule has 1 aliphatic carbocycles. The lowest BCUT2D eigenvalue weighted by Crippen LogP contribution is -2.22. The maximum atomic E-state index is 10.5. The standard InChI is InChI=1S/C7H11NO3S/c9-7(10)5-1-3-6(4-2-5)8-12-11/h5-6H,1-4H2,(H,9,10)/t5-,6-. The van der Waals surface area contributed by atoms with Crippen molar-refractivity contribution >= 4 is 17.4 Å². The SMILES string of the molecule is O=S=N[C@H]1CC[C@H](C(=O)O)CC1. The molecule has 68 valence electrons. The topological polar surface area (TPSA) is 66.7 Å². The molecule has 1 rings (SSSR count). The minimum Gasteiger partial charge on any atom is -0.481 e. The van der Waals surface area contributed by atoms with E-state index in [2.05, 4.69) is 4.36 Å². The monoisotopic (exact) mass is 189 g/mol. The summed E-state index contributed by atoms with van der Waals surface area (Å²) in [6, 6.07) is 0.0862. The van der Waals surface area contributed by atoms with Crippen LogP contribution in [0.15, 0.2) is 4.36 Å². The van der Waals surface area contributed by atoms with Gasteiger partial charge in [0.2, 0.25) is 0 Å². The number of nitrogens with zero attached hydrogens (tertiary/aromatic N) is 1. The van der Waals surface area contributed by atoms with Crippen LogP contribution >= 0.6 is 0 Å². The van der Waals surface area contributed by atoms with Crippen LogP contribution in [0.3, 0.4) is 0 Å². The Morgan fingerprint density at radius 1 is 1.33 bits per heavy atom. The van der Waals surface area contributed by atoms with E-state index >= 15 is 0 Å². The van der Waals surface area contributed by atoms with Gasteiger partial charge in [0.05, 0.1) is 12.0 Å². The first-order valence-corrected chi connectivity index (χ1v) is 4.66. The van der Waals surface area contributed by atoms with Gasteiger partial charge in [-0.25, -0.2) is 0 Å². The summed E-state index contributed by atoms with van der Waals surface area (Å²) >= 11 is 0.245.